The fourth-order valence-electron chi connectivity index (χ4n) is 1.40. The third kappa shape index (κ3) is 5.03. The van der Waals surface area contributed by atoms with Crippen molar-refractivity contribution in [3.05, 3.63) is 29.8 Å². The molecule has 0 aliphatic carbocycles. The van der Waals surface area contributed by atoms with Gasteiger partial charge in [-0.25, -0.2) is 0 Å². The number of ether oxygens (including phenoxy) is 1. The molecule has 0 spiro atoms. The van der Waals surface area contributed by atoms with Crippen LogP contribution in [0.5, 0.6) is 0 Å². The summed E-state index contributed by atoms with van der Waals surface area (Å²) in [5, 5.41) is 11.9. The molecule has 0 saturated carbocycles. The van der Waals surface area contributed by atoms with Gasteiger partial charge in [0.1, 0.15) is 0 Å². The number of hydrogen-bond acceptors (Lipinski definition) is 4. The smallest absolute Gasteiger partial charge is 0.305 e. The van der Waals surface area contributed by atoms with E-state index in [2.05, 4.69) is 11.4 Å². The van der Waals surface area contributed by atoms with E-state index in [0.29, 0.717) is 25.1 Å². The first-order chi connectivity index (χ1) is 8.26. The molecule has 1 aromatic carbocycles. The van der Waals surface area contributed by atoms with Gasteiger partial charge in [-0.1, -0.05) is 6.07 Å². The zero-order valence-corrected chi connectivity index (χ0v) is 9.90. The van der Waals surface area contributed by atoms with E-state index in [9.17, 15) is 4.79 Å². The number of rotatable bonds is 6. The Balaban J connectivity index is 2.27. The maximum absolute atomic E-state index is 11.1. The van der Waals surface area contributed by atoms with Gasteiger partial charge in [0.15, 0.2) is 0 Å². The minimum Gasteiger partial charge on any atom is -0.466 e. The summed E-state index contributed by atoms with van der Waals surface area (Å²) in [5.74, 6) is -0.167. The monoisotopic (exact) mass is 232 g/mol. The van der Waals surface area contributed by atoms with E-state index in [1.165, 1.54) is 0 Å². The first kappa shape index (κ1) is 13.0. The third-order valence-electron chi connectivity index (χ3n) is 2.18. The van der Waals surface area contributed by atoms with Gasteiger partial charge < -0.3 is 10.1 Å². The van der Waals surface area contributed by atoms with Crippen LogP contribution in [-0.2, 0) is 9.53 Å². The molecule has 0 amide bonds. The van der Waals surface area contributed by atoms with Crippen LogP contribution in [0.4, 0.5) is 5.69 Å². The molecule has 0 atom stereocenters. The van der Waals surface area contributed by atoms with Crippen LogP contribution in [0.1, 0.15) is 25.3 Å². The Kier molecular flexibility index (Phi) is 5.59. The predicted octanol–water partition coefficient (Wildman–Crippen LogP) is 2.31. The summed E-state index contributed by atoms with van der Waals surface area (Å²) in [6.45, 7) is 2.91. The van der Waals surface area contributed by atoms with Crippen molar-refractivity contribution in [2.45, 2.75) is 19.8 Å². The summed E-state index contributed by atoms with van der Waals surface area (Å²) in [4.78, 5) is 11.1. The number of hydrogen-bond donors (Lipinski definition) is 1. The third-order valence-corrected chi connectivity index (χ3v) is 2.18. The highest BCUT2D eigenvalue weighted by molar-refractivity contribution is 5.69. The number of carbonyl (C=O) groups excluding carboxylic acids is 1. The SMILES string of the molecule is CCOC(=O)CCCNc1cccc(C#N)c1. The summed E-state index contributed by atoms with van der Waals surface area (Å²) in [6, 6.07) is 9.33. The van der Waals surface area contributed by atoms with Crippen molar-refractivity contribution in [1.82, 2.24) is 0 Å². The Labute approximate surface area is 101 Å². The molecule has 17 heavy (non-hydrogen) atoms. The fraction of sp³-hybridized carbons (Fsp3) is 0.385. The van der Waals surface area contributed by atoms with E-state index in [4.69, 9.17) is 10.00 Å². The minimum atomic E-state index is -0.167. The molecule has 1 aromatic rings. The van der Waals surface area contributed by atoms with Gasteiger partial charge in [0.25, 0.3) is 0 Å². The maximum atomic E-state index is 11.1. The lowest BCUT2D eigenvalue weighted by Gasteiger charge is -2.06. The van der Waals surface area contributed by atoms with Crippen molar-refractivity contribution in [3.63, 3.8) is 0 Å². The van der Waals surface area contributed by atoms with Gasteiger partial charge in [-0.15, -0.1) is 0 Å². The van der Waals surface area contributed by atoms with E-state index < -0.39 is 0 Å². The van der Waals surface area contributed by atoms with E-state index in [1.807, 2.05) is 12.1 Å². The van der Waals surface area contributed by atoms with Crippen molar-refractivity contribution in [3.8, 4) is 6.07 Å². The Morgan fingerprint density at radius 2 is 2.35 bits per heavy atom. The normalized spacial score (nSPS) is 9.41. The molecule has 90 valence electrons. The van der Waals surface area contributed by atoms with E-state index in [0.717, 1.165) is 12.1 Å². The highest BCUT2D eigenvalue weighted by atomic mass is 16.5. The van der Waals surface area contributed by atoms with Gasteiger partial charge in [-0.3, -0.25) is 4.79 Å². The molecular weight excluding hydrogens is 216 g/mol. The van der Waals surface area contributed by atoms with Crippen LogP contribution in [0.2, 0.25) is 0 Å². The lowest BCUT2D eigenvalue weighted by atomic mass is 10.2. The van der Waals surface area contributed by atoms with Gasteiger partial charge in [0.05, 0.1) is 18.2 Å². The molecule has 1 N–H and O–H groups in total. The number of nitriles is 1. The van der Waals surface area contributed by atoms with Crippen LogP contribution >= 0.6 is 0 Å². The molecule has 0 aliphatic heterocycles. The topological polar surface area (TPSA) is 62.1 Å². The number of anilines is 1. The van der Waals surface area contributed by atoms with Gasteiger partial charge in [0, 0.05) is 18.7 Å². The molecule has 4 nitrogen and oxygen atoms in total. The molecular formula is C13H16N2O2. The summed E-state index contributed by atoms with van der Waals surface area (Å²) in [5.41, 5.74) is 1.52. The van der Waals surface area contributed by atoms with Crippen LogP contribution in [0, 0.1) is 11.3 Å². The van der Waals surface area contributed by atoms with E-state index >= 15 is 0 Å². The number of nitrogens with zero attached hydrogens (tertiary/aromatic N) is 1. The minimum absolute atomic E-state index is 0.167. The number of esters is 1. The molecule has 4 heteroatoms. The van der Waals surface area contributed by atoms with Crippen LogP contribution in [0.25, 0.3) is 0 Å². The van der Waals surface area contributed by atoms with Gasteiger partial charge >= 0.3 is 5.97 Å². The van der Waals surface area contributed by atoms with Crippen molar-refractivity contribution in [1.29, 1.82) is 5.26 Å². The van der Waals surface area contributed by atoms with Gasteiger partial charge in [-0.2, -0.15) is 5.26 Å². The predicted molar refractivity (Wildman–Crippen MR) is 65.5 cm³/mol. The zero-order chi connectivity index (χ0) is 12.5. The number of benzene rings is 1. The zero-order valence-electron chi connectivity index (χ0n) is 9.90. The summed E-state index contributed by atoms with van der Waals surface area (Å²) >= 11 is 0. The molecule has 0 saturated heterocycles. The summed E-state index contributed by atoms with van der Waals surface area (Å²) in [7, 11) is 0. The molecule has 0 fully saturated rings. The van der Waals surface area contributed by atoms with E-state index in [-0.39, 0.29) is 5.97 Å². The van der Waals surface area contributed by atoms with Crippen LogP contribution in [-0.4, -0.2) is 19.1 Å². The Morgan fingerprint density at radius 1 is 1.53 bits per heavy atom. The average molecular weight is 232 g/mol. The van der Waals surface area contributed by atoms with Crippen molar-refractivity contribution in [2.75, 3.05) is 18.5 Å². The molecule has 0 heterocycles. The molecule has 0 unspecified atom stereocenters. The molecule has 0 radical (unpaired) electrons. The fourth-order valence-corrected chi connectivity index (χ4v) is 1.40. The molecule has 0 aliphatic rings. The average Bonchev–Trinajstić information content (AvgIpc) is 2.35. The quantitative estimate of drug-likeness (QED) is 0.604. The van der Waals surface area contributed by atoms with Gasteiger partial charge in [0.2, 0.25) is 0 Å². The Hall–Kier alpha value is -2.02. The standard InChI is InChI=1S/C13H16N2O2/c1-2-17-13(16)7-4-8-15-12-6-3-5-11(9-12)10-14/h3,5-6,9,15H,2,4,7-8H2,1H3. The second-order valence-electron chi connectivity index (χ2n) is 3.53. The van der Waals surface area contributed by atoms with Gasteiger partial charge in [-0.05, 0) is 31.5 Å². The number of carbonyl (C=O) groups is 1. The molecule has 1 rings (SSSR count). The lowest BCUT2D eigenvalue weighted by molar-refractivity contribution is -0.143. The Morgan fingerprint density at radius 3 is 3.06 bits per heavy atom. The van der Waals surface area contributed by atoms with Crippen LogP contribution < -0.4 is 5.32 Å². The van der Waals surface area contributed by atoms with Crippen molar-refractivity contribution >= 4 is 11.7 Å². The van der Waals surface area contributed by atoms with Crippen LogP contribution in [0.3, 0.4) is 0 Å². The van der Waals surface area contributed by atoms with Crippen molar-refractivity contribution < 1.29 is 9.53 Å². The second kappa shape index (κ2) is 7.29. The number of nitrogens with one attached hydrogen (secondary N) is 1. The summed E-state index contributed by atoms with van der Waals surface area (Å²) in [6.07, 6.45) is 1.13. The summed E-state index contributed by atoms with van der Waals surface area (Å²) < 4.78 is 4.82. The molecule has 0 aromatic heterocycles. The van der Waals surface area contributed by atoms with E-state index in [1.54, 1.807) is 19.1 Å². The maximum Gasteiger partial charge on any atom is 0.305 e. The largest absolute Gasteiger partial charge is 0.466 e. The highest BCUT2D eigenvalue weighted by Gasteiger charge is 2.00. The van der Waals surface area contributed by atoms with Crippen LogP contribution in [0.15, 0.2) is 24.3 Å². The van der Waals surface area contributed by atoms with Crippen molar-refractivity contribution in [2.24, 2.45) is 0 Å². The second-order valence-corrected chi connectivity index (χ2v) is 3.53. The highest BCUT2D eigenvalue weighted by Crippen LogP contribution is 2.09. The Bertz CT molecular complexity index is 410. The molecule has 0 bridgehead atoms. The first-order valence-electron chi connectivity index (χ1n) is 5.66. The lowest BCUT2D eigenvalue weighted by Crippen LogP contribution is -2.08. The first-order valence-corrected chi connectivity index (χ1v) is 5.66.